The molecule has 0 saturated carbocycles. The third kappa shape index (κ3) is 7.12. The number of nitrogens with one attached hydrogen (secondary N) is 3. The van der Waals surface area contributed by atoms with E-state index in [0.29, 0.717) is 25.2 Å². The Balaban J connectivity index is 0.00000300. The normalized spacial score (nSPS) is 12.1. The monoisotopic (exact) mass is 510 g/mol. The first-order valence-electron chi connectivity index (χ1n) is 9.50. The highest BCUT2D eigenvalue weighted by Gasteiger charge is 2.13. The Bertz CT molecular complexity index is 815. The average Bonchev–Trinajstić information content (AvgIpc) is 3.20. The van der Waals surface area contributed by atoms with Gasteiger partial charge in [-0.15, -0.1) is 24.0 Å². The number of ether oxygens (including phenoxy) is 2. The maximum atomic E-state index is 12.0. The van der Waals surface area contributed by atoms with E-state index in [4.69, 9.17) is 9.47 Å². The average molecular weight is 510 g/mol. The minimum Gasteiger partial charge on any atom is -0.454 e. The summed E-state index contributed by atoms with van der Waals surface area (Å²) in [4.78, 5) is 16.6. The quantitative estimate of drug-likeness (QED) is 0.220. The molecule has 1 amide bonds. The summed E-state index contributed by atoms with van der Waals surface area (Å²) >= 11 is 0. The Morgan fingerprint density at radius 3 is 2.55 bits per heavy atom. The molecule has 8 heteroatoms. The number of carbonyl (C=O) groups excluding carboxylic acids is 1. The first-order chi connectivity index (χ1) is 13.8. The van der Waals surface area contributed by atoms with Crippen LogP contribution in [0.5, 0.6) is 11.5 Å². The fraction of sp³-hybridized carbons (Fsp3) is 0.333. The van der Waals surface area contributed by atoms with E-state index in [9.17, 15) is 4.79 Å². The highest BCUT2D eigenvalue weighted by molar-refractivity contribution is 14.0. The van der Waals surface area contributed by atoms with Gasteiger partial charge in [0.1, 0.15) is 0 Å². The second-order valence-electron chi connectivity index (χ2n) is 6.29. The zero-order valence-electron chi connectivity index (χ0n) is 16.4. The van der Waals surface area contributed by atoms with Gasteiger partial charge in [0.15, 0.2) is 17.5 Å². The van der Waals surface area contributed by atoms with E-state index >= 15 is 0 Å². The molecule has 29 heavy (non-hydrogen) atoms. The third-order valence-electron chi connectivity index (χ3n) is 4.17. The maximum absolute atomic E-state index is 12.0. The Hall–Kier alpha value is -2.49. The first-order valence-corrected chi connectivity index (χ1v) is 9.50. The van der Waals surface area contributed by atoms with Gasteiger partial charge in [-0.2, -0.15) is 0 Å². The van der Waals surface area contributed by atoms with Crippen LogP contribution in [-0.4, -0.2) is 38.3 Å². The molecular formula is C21H27IN4O3. The van der Waals surface area contributed by atoms with Crippen LogP contribution in [0.4, 0.5) is 0 Å². The molecule has 156 valence electrons. The van der Waals surface area contributed by atoms with Gasteiger partial charge in [0.05, 0.1) is 6.54 Å². The van der Waals surface area contributed by atoms with E-state index in [1.807, 2.05) is 43.3 Å². The van der Waals surface area contributed by atoms with Crippen molar-refractivity contribution in [3.05, 3.63) is 59.7 Å². The Morgan fingerprint density at radius 2 is 1.76 bits per heavy atom. The number of rotatable bonds is 8. The van der Waals surface area contributed by atoms with E-state index in [0.717, 1.165) is 36.0 Å². The van der Waals surface area contributed by atoms with Crippen LogP contribution in [0.25, 0.3) is 0 Å². The Morgan fingerprint density at radius 1 is 1.00 bits per heavy atom. The molecule has 0 unspecified atom stereocenters. The fourth-order valence-electron chi connectivity index (χ4n) is 2.74. The van der Waals surface area contributed by atoms with Crippen molar-refractivity contribution < 1.29 is 14.3 Å². The van der Waals surface area contributed by atoms with Crippen molar-refractivity contribution in [2.75, 3.05) is 26.4 Å². The molecule has 0 atom stereocenters. The number of hydrogen-bond donors (Lipinski definition) is 3. The third-order valence-corrected chi connectivity index (χ3v) is 4.17. The second kappa shape index (κ2) is 12.2. The lowest BCUT2D eigenvalue weighted by Gasteiger charge is -2.12. The van der Waals surface area contributed by atoms with Crippen LogP contribution < -0.4 is 25.4 Å². The molecule has 0 bridgehead atoms. The minimum atomic E-state index is -0.0519. The van der Waals surface area contributed by atoms with Crippen molar-refractivity contribution >= 4 is 35.8 Å². The topological polar surface area (TPSA) is 84.0 Å². The summed E-state index contributed by atoms with van der Waals surface area (Å²) in [7, 11) is 0. The highest BCUT2D eigenvalue weighted by atomic mass is 127. The number of carbonyl (C=O) groups is 1. The molecule has 0 aliphatic carbocycles. The summed E-state index contributed by atoms with van der Waals surface area (Å²) in [5.74, 6) is 2.23. The summed E-state index contributed by atoms with van der Waals surface area (Å²) in [6.07, 6.45) is 0.799. The largest absolute Gasteiger partial charge is 0.454 e. The van der Waals surface area contributed by atoms with Gasteiger partial charge >= 0.3 is 0 Å². The summed E-state index contributed by atoms with van der Waals surface area (Å²) in [6, 6.07) is 15.1. The molecule has 1 heterocycles. The molecule has 7 nitrogen and oxygen atoms in total. The molecule has 2 aromatic carbocycles. The smallest absolute Gasteiger partial charge is 0.251 e. The molecule has 2 aromatic rings. The van der Waals surface area contributed by atoms with Gasteiger partial charge in [-0.3, -0.25) is 4.79 Å². The molecule has 1 aliphatic rings. The van der Waals surface area contributed by atoms with Crippen LogP contribution in [0.1, 0.15) is 29.3 Å². The van der Waals surface area contributed by atoms with Crippen molar-refractivity contribution in [3.8, 4) is 11.5 Å². The summed E-state index contributed by atoms with van der Waals surface area (Å²) in [6.45, 7) is 4.92. The van der Waals surface area contributed by atoms with Gasteiger partial charge in [-0.25, -0.2) is 4.99 Å². The Labute approximate surface area is 188 Å². The predicted molar refractivity (Wildman–Crippen MR) is 124 cm³/mol. The summed E-state index contributed by atoms with van der Waals surface area (Å²) in [5.41, 5.74) is 1.73. The zero-order valence-corrected chi connectivity index (χ0v) is 18.8. The van der Waals surface area contributed by atoms with Crippen molar-refractivity contribution in [1.29, 1.82) is 0 Å². The van der Waals surface area contributed by atoms with Crippen LogP contribution in [0, 0.1) is 0 Å². The van der Waals surface area contributed by atoms with Gasteiger partial charge in [0, 0.05) is 25.2 Å². The van der Waals surface area contributed by atoms with Crippen LogP contribution in [0.15, 0.2) is 53.5 Å². The molecule has 0 aromatic heterocycles. The predicted octanol–water partition coefficient (Wildman–Crippen LogP) is 2.91. The van der Waals surface area contributed by atoms with E-state index < -0.39 is 0 Å². The van der Waals surface area contributed by atoms with Crippen molar-refractivity contribution in [1.82, 2.24) is 16.0 Å². The molecule has 0 radical (unpaired) electrons. The molecule has 0 saturated heterocycles. The molecular weight excluding hydrogens is 483 g/mol. The van der Waals surface area contributed by atoms with E-state index in [1.54, 1.807) is 12.1 Å². The number of amides is 1. The molecule has 3 rings (SSSR count). The highest BCUT2D eigenvalue weighted by Crippen LogP contribution is 2.32. The number of guanidine groups is 1. The van der Waals surface area contributed by atoms with Gasteiger partial charge in [-0.1, -0.05) is 24.3 Å². The fourth-order valence-corrected chi connectivity index (χ4v) is 2.74. The first kappa shape index (κ1) is 22.8. The van der Waals surface area contributed by atoms with Gasteiger partial charge in [0.25, 0.3) is 5.91 Å². The summed E-state index contributed by atoms with van der Waals surface area (Å²) in [5, 5.41) is 9.44. The number of aliphatic imine (C=N–C) groups is 1. The lowest BCUT2D eigenvalue weighted by atomic mass is 10.2. The molecule has 3 N–H and O–H groups in total. The van der Waals surface area contributed by atoms with Crippen molar-refractivity contribution in [2.45, 2.75) is 19.9 Å². The van der Waals surface area contributed by atoms with Crippen molar-refractivity contribution in [3.63, 3.8) is 0 Å². The van der Waals surface area contributed by atoms with Crippen LogP contribution in [0.2, 0.25) is 0 Å². The second-order valence-corrected chi connectivity index (χ2v) is 6.29. The lowest BCUT2D eigenvalue weighted by molar-refractivity contribution is 0.0953. The Kier molecular flexibility index (Phi) is 9.55. The number of benzene rings is 2. The van der Waals surface area contributed by atoms with E-state index in [2.05, 4.69) is 20.9 Å². The van der Waals surface area contributed by atoms with Gasteiger partial charge in [-0.05, 0) is 43.2 Å². The van der Waals surface area contributed by atoms with Crippen LogP contribution >= 0.6 is 24.0 Å². The number of fused-ring (bicyclic) bond motifs is 1. The lowest BCUT2D eigenvalue weighted by Crippen LogP contribution is -2.38. The SMILES string of the molecule is CCNC(=NCc1ccc2c(c1)OCO2)NCCCNC(=O)c1ccccc1.I. The van der Waals surface area contributed by atoms with Crippen LogP contribution in [-0.2, 0) is 6.54 Å². The van der Waals surface area contributed by atoms with E-state index in [-0.39, 0.29) is 36.7 Å². The number of halogens is 1. The van der Waals surface area contributed by atoms with Crippen LogP contribution in [0.3, 0.4) is 0 Å². The standard InChI is InChI=1S/C21H26N4O3.HI/c1-2-22-21(25-14-16-9-10-18-19(13-16)28-15-27-18)24-12-6-11-23-20(26)17-7-4-3-5-8-17;/h3-5,7-10,13H,2,6,11-12,14-15H2,1H3,(H,23,26)(H2,22,24,25);1H. The molecule has 1 aliphatic heterocycles. The van der Waals surface area contributed by atoms with E-state index in [1.165, 1.54) is 0 Å². The number of hydrogen-bond acceptors (Lipinski definition) is 4. The minimum absolute atomic E-state index is 0. The maximum Gasteiger partial charge on any atom is 0.251 e. The molecule has 0 fully saturated rings. The van der Waals surface area contributed by atoms with Gasteiger partial charge in [0.2, 0.25) is 6.79 Å². The summed E-state index contributed by atoms with van der Waals surface area (Å²) < 4.78 is 10.7. The molecule has 0 spiro atoms. The number of nitrogens with zero attached hydrogens (tertiary/aromatic N) is 1. The zero-order chi connectivity index (χ0) is 19.6. The van der Waals surface area contributed by atoms with Gasteiger partial charge < -0.3 is 25.4 Å². The van der Waals surface area contributed by atoms with Crippen molar-refractivity contribution in [2.24, 2.45) is 4.99 Å².